The van der Waals surface area contributed by atoms with Gasteiger partial charge in [0.2, 0.25) is 0 Å². The van der Waals surface area contributed by atoms with Crippen molar-refractivity contribution in [1.82, 2.24) is 0 Å². The van der Waals surface area contributed by atoms with E-state index >= 15 is 0 Å². The van der Waals surface area contributed by atoms with Crippen molar-refractivity contribution in [3.63, 3.8) is 0 Å². The first kappa shape index (κ1) is 14.8. The Morgan fingerprint density at radius 3 is 2.47 bits per heavy atom. The Morgan fingerprint density at radius 1 is 1.12 bits per heavy atom. The summed E-state index contributed by atoms with van der Waals surface area (Å²) in [6.07, 6.45) is 12.7. The van der Waals surface area contributed by atoms with Crippen LogP contribution in [0.25, 0.3) is 0 Å². The summed E-state index contributed by atoms with van der Waals surface area (Å²) in [6, 6.07) is 0. The zero-order valence-electron chi connectivity index (χ0n) is 11.7. The van der Waals surface area contributed by atoms with E-state index in [1.807, 2.05) is 7.11 Å². The fourth-order valence-corrected chi connectivity index (χ4v) is 2.49. The van der Waals surface area contributed by atoms with Crippen molar-refractivity contribution in [2.24, 2.45) is 4.99 Å². The summed E-state index contributed by atoms with van der Waals surface area (Å²) >= 11 is 0. The first-order chi connectivity index (χ1) is 8.36. The van der Waals surface area contributed by atoms with Gasteiger partial charge in [0.1, 0.15) is 0 Å². The number of unbranched alkanes of at least 4 members (excludes halogenated alkanes) is 1. The van der Waals surface area contributed by atoms with Crippen LogP contribution in [-0.2, 0) is 4.65 Å². The molecule has 0 atom stereocenters. The van der Waals surface area contributed by atoms with Crippen molar-refractivity contribution in [2.45, 2.75) is 70.9 Å². The van der Waals surface area contributed by atoms with Crippen LogP contribution in [0.2, 0.25) is 12.6 Å². The predicted molar refractivity (Wildman–Crippen MR) is 77.3 cm³/mol. The average molecular weight is 237 g/mol. The molecule has 0 spiro atoms. The van der Waals surface area contributed by atoms with E-state index in [1.165, 1.54) is 69.7 Å². The van der Waals surface area contributed by atoms with Gasteiger partial charge in [-0.1, -0.05) is 26.2 Å². The molecule has 0 aromatic carbocycles. The zero-order chi connectivity index (χ0) is 12.3. The van der Waals surface area contributed by atoms with E-state index in [9.17, 15) is 0 Å². The van der Waals surface area contributed by atoms with Crippen molar-refractivity contribution in [2.75, 3.05) is 13.7 Å². The highest BCUT2D eigenvalue weighted by atomic mass is 16.4. The summed E-state index contributed by atoms with van der Waals surface area (Å²) in [5, 5.41) is 0. The minimum absolute atomic E-state index is 0.460. The number of aliphatic imine (C=N–C) groups is 1. The van der Waals surface area contributed by atoms with Crippen LogP contribution in [-0.4, -0.2) is 26.3 Å². The Balaban J connectivity index is 2.08. The molecule has 0 bridgehead atoms. The lowest BCUT2D eigenvalue weighted by molar-refractivity contribution is 0.414. The Bertz CT molecular complexity index is 210. The van der Waals surface area contributed by atoms with E-state index in [0.29, 0.717) is 6.92 Å². The van der Waals surface area contributed by atoms with E-state index in [0.717, 1.165) is 6.54 Å². The molecule has 1 saturated carbocycles. The third kappa shape index (κ3) is 6.87. The van der Waals surface area contributed by atoms with E-state index in [4.69, 9.17) is 9.65 Å². The quantitative estimate of drug-likeness (QED) is 0.457. The highest BCUT2D eigenvalue weighted by Crippen LogP contribution is 2.15. The molecule has 1 rings (SSSR count). The lowest BCUT2D eigenvalue weighted by Crippen LogP contribution is -2.15. The molecule has 0 unspecified atom stereocenters. The normalized spacial score (nSPS) is 16.0. The first-order valence-corrected chi connectivity index (χ1v) is 7.41. The fourth-order valence-electron chi connectivity index (χ4n) is 2.49. The van der Waals surface area contributed by atoms with Crippen LogP contribution in [0, 0.1) is 0 Å². The molecule has 17 heavy (non-hydrogen) atoms. The Labute approximate surface area is 107 Å². The molecule has 0 N–H and O–H groups in total. The third-order valence-corrected chi connectivity index (χ3v) is 3.66. The van der Waals surface area contributed by atoms with E-state index in [-0.39, 0.29) is 0 Å². The highest BCUT2D eigenvalue weighted by Gasteiger charge is 2.12. The van der Waals surface area contributed by atoms with Crippen LogP contribution in [0.1, 0.15) is 58.3 Å². The van der Waals surface area contributed by atoms with Gasteiger partial charge in [0.25, 0.3) is 6.92 Å². The molecular weight excluding hydrogens is 209 g/mol. The van der Waals surface area contributed by atoms with Crippen LogP contribution in [0.5, 0.6) is 0 Å². The molecule has 2 nitrogen and oxygen atoms in total. The lowest BCUT2D eigenvalue weighted by atomic mass is 9.59. The van der Waals surface area contributed by atoms with Crippen molar-refractivity contribution in [1.29, 1.82) is 0 Å². The van der Waals surface area contributed by atoms with Gasteiger partial charge in [-0.05, 0) is 44.7 Å². The Hall–Kier alpha value is -0.305. The topological polar surface area (TPSA) is 21.6 Å². The number of hydrogen-bond acceptors (Lipinski definition) is 2. The van der Waals surface area contributed by atoms with Gasteiger partial charge < -0.3 is 4.65 Å². The van der Waals surface area contributed by atoms with Gasteiger partial charge in [0.15, 0.2) is 0 Å². The molecule has 0 aromatic heterocycles. The van der Waals surface area contributed by atoms with Crippen LogP contribution in [0.4, 0.5) is 0 Å². The maximum absolute atomic E-state index is 5.50. The van der Waals surface area contributed by atoms with Gasteiger partial charge in [-0.3, -0.25) is 4.99 Å². The van der Waals surface area contributed by atoms with E-state index in [1.54, 1.807) is 0 Å². The van der Waals surface area contributed by atoms with Gasteiger partial charge >= 0.3 is 0 Å². The molecule has 0 radical (unpaired) electrons. The Kier molecular flexibility index (Phi) is 8.42. The minimum Gasteiger partial charge on any atom is -0.439 e. The second-order valence-corrected chi connectivity index (χ2v) is 5.15. The van der Waals surface area contributed by atoms with Crippen LogP contribution in [0.15, 0.2) is 4.99 Å². The largest absolute Gasteiger partial charge is 0.439 e. The molecule has 0 amide bonds. The number of nitrogens with zero attached hydrogens (tertiary/aromatic N) is 1. The van der Waals surface area contributed by atoms with Crippen LogP contribution >= 0.6 is 0 Å². The fraction of sp³-hybridized carbons (Fsp3) is 0.929. The summed E-state index contributed by atoms with van der Waals surface area (Å²) in [5.41, 5.74) is 1.47. The highest BCUT2D eigenvalue weighted by molar-refractivity contribution is 6.51. The summed E-state index contributed by atoms with van der Waals surface area (Å²) in [4.78, 5) is 4.73. The standard InChI is InChI=1S/C14H28BNO/c1-3-4-11-15(17-2)12-8-13-16-14-9-6-5-7-10-14/h3-13H2,1-2H3. The molecule has 1 fully saturated rings. The van der Waals surface area contributed by atoms with Crippen molar-refractivity contribution < 1.29 is 4.65 Å². The second-order valence-electron chi connectivity index (χ2n) is 5.15. The third-order valence-electron chi connectivity index (χ3n) is 3.66. The molecule has 0 heterocycles. The average Bonchev–Trinajstić information content (AvgIpc) is 2.39. The molecule has 0 aromatic rings. The molecule has 3 heteroatoms. The smallest absolute Gasteiger partial charge is 0.292 e. The monoisotopic (exact) mass is 237 g/mol. The van der Waals surface area contributed by atoms with Gasteiger partial charge in [0, 0.05) is 19.4 Å². The SMILES string of the molecule is CCCCB(CCCN=C1CCCCC1)OC. The molecule has 0 saturated heterocycles. The van der Waals surface area contributed by atoms with Gasteiger partial charge in [-0.25, -0.2) is 0 Å². The lowest BCUT2D eigenvalue weighted by Gasteiger charge is -2.13. The first-order valence-electron chi connectivity index (χ1n) is 7.41. The Morgan fingerprint density at radius 2 is 1.82 bits per heavy atom. The second kappa shape index (κ2) is 9.70. The number of rotatable bonds is 8. The maximum Gasteiger partial charge on any atom is 0.292 e. The summed E-state index contributed by atoms with van der Waals surface area (Å²) in [7, 11) is 1.84. The predicted octanol–water partition coefficient (Wildman–Crippen LogP) is 4.22. The van der Waals surface area contributed by atoms with Crippen LogP contribution < -0.4 is 0 Å². The summed E-state index contributed by atoms with van der Waals surface area (Å²) in [6.45, 7) is 3.71. The van der Waals surface area contributed by atoms with Crippen molar-refractivity contribution in [3.05, 3.63) is 0 Å². The van der Waals surface area contributed by atoms with Crippen molar-refractivity contribution in [3.8, 4) is 0 Å². The summed E-state index contributed by atoms with van der Waals surface area (Å²) < 4.78 is 5.50. The van der Waals surface area contributed by atoms with E-state index in [2.05, 4.69) is 6.92 Å². The maximum atomic E-state index is 5.50. The molecule has 1 aliphatic rings. The summed E-state index contributed by atoms with van der Waals surface area (Å²) in [5.74, 6) is 0. The van der Waals surface area contributed by atoms with Crippen LogP contribution in [0.3, 0.4) is 0 Å². The van der Waals surface area contributed by atoms with Gasteiger partial charge in [-0.15, -0.1) is 0 Å². The minimum atomic E-state index is 0.460. The molecule has 1 aliphatic carbocycles. The number of hydrogen-bond donors (Lipinski definition) is 0. The molecule has 0 aliphatic heterocycles. The van der Waals surface area contributed by atoms with Crippen molar-refractivity contribution >= 4 is 12.6 Å². The van der Waals surface area contributed by atoms with Gasteiger partial charge in [0.05, 0.1) is 0 Å². The zero-order valence-corrected chi connectivity index (χ0v) is 11.7. The van der Waals surface area contributed by atoms with E-state index < -0.39 is 0 Å². The molecular formula is C14H28BNO. The molecule has 98 valence electrons. The van der Waals surface area contributed by atoms with Gasteiger partial charge in [-0.2, -0.15) is 0 Å².